The average Bonchev–Trinajstić information content (AvgIpc) is 1.67. The molecule has 488 valence electrons. The quantitative estimate of drug-likeness (QED) is 0.132. The highest BCUT2D eigenvalue weighted by molar-refractivity contribution is 6.24. The Morgan fingerprint density at radius 1 is 0.162 bits per heavy atom. The molecule has 0 bridgehead atoms. The van der Waals surface area contributed by atoms with Crippen molar-refractivity contribution in [2.45, 2.75) is 0 Å². The van der Waals surface area contributed by atoms with Gasteiger partial charge in [-0.2, -0.15) is 0 Å². The van der Waals surface area contributed by atoms with Gasteiger partial charge in [0, 0.05) is 17.3 Å². The molecular formula is C103H66N2. The third kappa shape index (κ3) is 10.9. The Hall–Kier alpha value is -13.8. The molecule has 0 saturated heterocycles. The Kier molecular flexibility index (Phi) is 14.9. The monoisotopic (exact) mass is 1330 g/mol. The fourth-order valence-electron chi connectivity index (χ4n) is 16.5. The van der Waals surface area contributed by atoms with Gasteiger partial charge in [-0.05, 0) is 229 Å². The zero-order chi connectivity index (χ0) is 69.3. The topological polar surface area (TPSA) is 17.3 Å². The third-order valence-corrected chi connectivity index (χ3v) is 21.6. The van der Waals surface area contributed by atoms with Crippen LogP contribution in [-0.2, 0) is 0 Å². The zero-order valence-corrected chi connectivity index (χ0v) is 57.5. The van der Waals surface area contributed by atoms with Gasteiger partial charge in [0.1, 0.15) is 5.65 Å². The van der Waals surface area contributed by atoms with E-state index in [1.165, 1.54) is 175 Å². The van der Waals surface area contributed by atoms with Gasteiger partial charge in [0.05, 0.1) is 11.4 Å². The Bertz CT molecular complexity index is 7000. The lowest BCUT2D eigenvalue weighted by Gasteiger charge is -2.19. The standard InChI is InChI=1S/C53H34N2.C50H32/c1-2-14-39(15-3-1)53-52(54-49-20-10-11-31-55(49)53)38-25-21-37(22-26-38)42-29-30-47-48(34-42)51(44-28-24-36-13-5-7-17-41(36)33-44)46-19-9-8-18-45(46)50(47)43-27-23-35-12-4-6-16-40(35)32-43;1-4-12-38-29-41(24-21-33(38)9-1)36-17-19-37(20-18-36)42-27-28-47-48(32-42)50(44-26-23-35-11-3-6-14-40(35)31-44)46-16-8-7-15-45(46)49(47)43-25-22-34-10-2-5-13-39(34)30-43/h1-34H;1-32H. The molecule has 0 atom stereocenters. The fraction of sp³-hybridized carbons (Fsp3) is 0. The van der Waals surface area contributed by atoms with Crippen molar-refractivity contribution in [2.75, 3.05) is 0 Å². The maximum absolute atomic E-state index is 5.12. The van der Waals surface area contributed by atoms with Gasteiger partial charge in [0.25, 0.3) is 0 Å². The number of rotatable bonds is 9. The van der Waals surface area contributed by atoms with E-state index in [-0.39, 0.29) is 0 Å². The number of fused-ring (bicyclic) bond motifs is 10. The van der Waals surface area contributed by atoms with Crippen LogP contribution in [0.15, 0.2) is 401 Å². The molecule has 105 heavy (non-hydrogen) atoms. The summed E-state index contributed by atoms with van der Waals surface area (Å²) in [6.45, 7) is 0. The summed E-state index contributed by atoms with van der Waals surface area (Å²) in [5.41, 5.74) is 22.5. The van der Waals surface area contributed by atoms with E-state index < -0.39 is 0 Å². The molecule has 2 heterocycles. The Balaban J connectivity index is 0.000000140. The van der Waals surface area contributed by atoms with Crippen LogP contribution in [0.3, 0.4) is 0 Å². The minimum Gasteiger partial charge on any atom is -0.299 e. The summed E-state index contributed by atoms with van der Waals surface area (Å²) in [6, 6.07) is 144. The van der Waals surface area contributed by atoms with Gasteiger partial charge >= 0.3 is 0 Å². The molecule has 0 amide bonds. The van der Waals surface area contributed by atoms with E-state index in [4.69, 9.17) is 4.98 Å². The molecule has 0 aliphatic heterocycles. The molecule has 19 aromatic carbocycles. The molecule has 2 aromatic heterocycles. The predicted octanol–water partition coefficient (Wildman–Crippen LogP) is 28.4. The third-order valence-electron chi connectivity index (χ3n) is 21.6. The zero-order valence-electron chi connectivity index (χ0n) is 57.5. The van der Waals surface area contributed by atoms with Crippen LogP contribution in [0.5, 0.6) is 0 Å². The highest BCUT2D eigenvalue weighted by atomic mass is 15.0. The van der Waals surface area contributed by atoms with Crippen molar-refractivity contribution in [3.8, 4) is 100 Å². The normalized spacial score (nSPS) is 11.6. The first kappa shape index (κ1) is 61.1. The average molecular weight is 1330 g/mol. The highest BCUT2D eigenvalue weighted by Crippen LogP contribution is 2.49. The smallest absolute Gasteiger partial charge is 0.137 e. The molecule has 21 rings (SSSR count). The largest absolute Gasteiger partial charge is 0.299 e. The lowest BCUT2D eigenvalue weighted by Crippen LogP contribution is -1.92. The van der Waals surface area contributed by atoms with Crippen LogP contribution in [-0.4, -0.2) is 9.38 Å². The first-order valence-electron chi connectivity index (χ1n) is 36.2. The first-order chi connectivity index (χ1) is 52.0. The maximum atomic E-state index is 5.12. The number of imidazole rings is 1. The number of benzene rings is 19. The van der Waals surface area contributed by atoms with Crippen LogP contribution in [0.25, 0.3) is 203 Å². The van der Waals surface area contributed by atoms with E-state index in [1.54, 1.807) is 0 Å². The van der Waals surface area contributed by atoms with Crippen LogP contribution < -0.4 is 0 Å². The molecule has 0 fully saturated rings. The lowest BCUT2D eigenvalue weighted by molar-refractivity contribution is 1.19. The predicted molar refractivity (Wildman–Crippen MR) is 448 cm³/mol. The van der Waals surface area contributed by atoms with Gasteiger partial charge in [0.2, 0.25) is 0 Å². The van der Waals surface area contributed by atoms with Crippen molar-refractivity contribution in [2.24, 2.45) is 0 Å². The molecule has 21 aromatic rings. The highest BCUT2D eigenvalue weighted by Gasteiger charge is 2.22. The molecular weight excluding hydrogens is 1270 g/mol. The van der Waals surface area contributed by atoms with Gasteiger partial charge in [-0.25, -0.2) is 4.98 Å². The second-order valence-corrected chi connectivity index (χ2v) is 27.7. The molecule has 0 spiro atoms. The summed E-state index contributed by atoms with van der Waals surface area (Å²) in [7, 11) is 0. The van der Waals surface area contributed by atoms with Crippen molar-refractivity contribution in [3.63, 3.8) is 0 Å². The van der Waals surface area contributed by atoms with E-state index >= 15 is 0 Å². The number of pyridine rings is 1. The number of nitrogens with zero attached hydrogens (tertiary/aromatic N) is 2. The van der Waals surface area contributed by atoms with Crippen LogP contribution in [0.2, 0.25) is 0 Å². The van der Waals surface area contributed by atoms with Crippen molar-refractivity contribution >= 4 is 103 Å². The summed E-state index contributed by atoms with van der Waals surface area (Å²) in [6.07, 6.45) is 2.10. The van der Waals surface area contributed by atoms with Crippen LogP contribution >= 0.6 is 0 Å². The van der Waals surface area contributed by atoms with Crippen LogP contribution in [0, 0.1) is 0 Å². The number of hydrogen-bond acceptors (Lipinski definition) is 1. The van der Waals surface area contributed by atoms with Crippen LogP contribution in [0.4, 0.5) is 0 Å². The Morgan fingerprint density at radius 2 is 0.429 bits per heavy atom. The summed E-state index contributed by atoms with van der Waals surface area (Å²) in [4.78, 5) is 5.12. The summed E-state index contributed by atoms with van der Waals surface area (Å²) in [5.74, 6) is 0. The number of aromatic nitrogens is 2. The minimum atomic E-state index is 0.936. The van der Waals surface area contributed by atoms with Gasteiger partial charge in [-0.3, -0.25) is 4.40 Å². The van der Waals surface area contributed by atoms with Crippen molar-refractivity contribution in [3.05, 3.63) is 401 Å². The fourth-order valence-corrected chi connectivity index (χ4v) is 16.5. The van der Waals surface area contributed by atoms with E-state index in [9.17, 15) is 0 Å². The molecule has 0 radical (unpaired) electrons. The molecule has 0 unspecified atom stereocenters. The second kappa shape index (κ2) is 25.7. The SMILES string of the molecule is c1ccc(-c2c(-c3ccc(-c4ccc5c(-c6ccc7ccccc7c6)c6ccccc6c(-c6ccc7ccccc7c6)c5c4)cc3)nc3ccccn23)cc1.c1ccc2cc(-c3ccc(-c4ccc5c(-c6ccc7ccccc7c6)c6ccccc6c(-c6ccc7ccccc7c6)c5c4)cc3)ccc2c1. The van der Waals surface area contributed by atoms with Gasteiger partial charge in [-0.15, -0.1) is 0 Å². The molecule has 0 aliphatic rings. The van der Waals surface area contributed by atoms with E-state index in [0.717, 1.165) is 28.2 Å². The van der Waals surface area contributed by atoms with E-state index in [0.29, 0.717) is 0 Å². The Morgan fingerprint density at radius 3 is 0.810 bits per heavy atom. The minimum absolute atomic E-state index is 0.936. The summed E-state index contributed by atoms with van der Waals surface area (Å²) in [5, 5.41) is 22.6. The van der Waals surface area contributed by atoms with Crippen molar-refractivity contribution < 1.29 is 0 Å². The van der Waals surface area contributed by atoms with Crippen molar-refractivity contribution in [1.29, 1.82) is 0 Å². The Labute approximate surface area is 608 Å². The van der Waals surface area contributed by atoms with Gasteiger partial charge in [0.15, 0.2) is 0 Å². The van der Waals surface area contributed by atoms with E-state index in [2.05, 4.69) is 399 Å². The first-order valence-corrected chi connectivity index (χ1v) is 36.2. The van der Waals surface area contributed by atoms with Gasteiger partial charge in [-0.1, -0.05) is 340 Å². The lowest BCUT2D eigenvalue weighted by atomic mass is 9.84. The maximum Gasteiger partial charge on any atom is 0.137 e. The molecule has 0 N–H and O–H groups in total. The summed E-state index contributed by atoms with van der Waals surface area (Å²) >= 11 is 0. The molecule has 0 aliphatic carbocycles. The van der Waals surface area contributed by atoms with Crippen LogP contribution in [0.1, 0.15) is 0 Å². The second-order valence-electron chi connectivity index (χ2n) is 27.7. The molecule has 2 heteroatoms. The summed E-state index contributed by atoms with van der Waals surface area (Å²) < 4.78 is 2.19. The van der Waals surface area contributed by atoms with Crippen molar-refractivity contribution in [1.82, 2.24) is 9.38 Å². The van der Waals surface area contributed by atoms with E-state index in [1.807, 2.05) is 6.07 Å². The molecule has 2 nitrogen and oxygen atoms in total. The van der Waals surface area contributed by atoms with Gasteiger partial charge < -0.3 is 0 Å². The molecule has 0 saturated carbocycles. The number of hydrogen-bond donors (Lipinski definition) is 0.